The van der Waals surface area contributed by atoms with Gasteiger partial charge in [-0.1, -0.05) is 72.1 Å². The van der Waals surface area contributed by atoms with Crippen LogP contribution >= 0.6 is 23.5 Å². The minimum atomic E-state index is -3.56. The average molecular weight is 814 g/mol. The molecule has 0 bridgehead atoms. The van der Waals surface area contributed by atoms with Crippen molar-refractivity contribution in [3.8, 4) is 0 Å². The number of nitrogens with zero attached hydrogens (tertiary/aromatic N) is 1. The number of hydrogen-bond donors (Lipinski definition) is 4. The van der Waals surface area contributed by atoms with E-state index >= 15 is 0 Å². The van der Waals surface area contributed by atoms with Gasteiger partial charge in [0.05, 0.1) is 26.7 Å². The van der Waals surface area contributed by atoms with Crippen molar-refractivity contribution in [3.05, 3.63) is 0 Å². The van der Waals surface area contributed by atoms with Crippen molar-refractivity contribution < 1.29 is 32.4 Å². The molecule has 0 unspecified atom stereocenters. The van der Waals surface area contributed by atoms with Gasteiger partial charge in [0.2, 0.25) is 17.6 Å². The van der Waals surface area contributed by atoms with E-state index in [-0.39, 0.29) is 17.7 Å². The van der Waals surface area contributed by atoms with Crippen LogP contribution in [0.25, 0.3) is 0 Å². The van der Waals surface area contributed by atoms with Crippen LogP contribution in [0.1, 0.15) is 144 Å². The summed E-state index contributed by atoms with van der Waals surface area (Å²) in [5, 5.41) is 11.4. The Morgan fingerprint density at radius 1 is 0.852 bits per heavy atom. The summed E-state index contributed by atoms with van der Waals surface area (Å²) < 4.78 is 25.5. The zero-order valence-electron chi connectivity index (χ0n) is 33.6. The minimum Gasteiger partial charge on any atom is -0.347 e. The van der Waals surface area contributed by atoms with Gasteiger partial charge in [-0.3, -0.25) is 19.2 Å². The summed E-state index contributed by atoms with van der Waals surface area (Å²) in [4.78, 5) is 69.2. The molecule has 54 heavy (non-hydrogen) atoms. The third kappa shape index (κ3) is 11.8. The predicted octanol–water partition coefficient (Wildman–Crippen LogP) is 5.48. The van der Waals surface area contributed by atoms with Gasteiger partial charge >= 0.3 is 6.03 Å². The van der Waals surface area contributed by atoms with Crippen molar-refractivity contribution in [3.63, 3.8) is 0 Å². The van der Waals surface area contributed by atoms with E-state index in [9.17, 15) is 32.4 Å². The van der Waals surface area contributed by atoms with Crippen LogP contribution in [0.4, 0.5) is 4.79 Å². The maximum atomic E-state index is 14.9. The second kappa shape index (κ2) is 19.0. The van der Waals surface area contributed by atoms with Gasteiger partial charge in [-0.2, -0.15) is 0 Å². The summed E-state index contributed by atoms with van der Waals surface area (Å²) in [6, 6.07) is -2.37. The molecular formula is C39H67N5O7S3. The molecule has 2 atom stereocenters. The van der Waals surface area contributed by atoms with Crippen LogP contribution in [0.3, 0.4) is 0 Å². The number of sulfone groups is 1. The van der Waals surface area contributed by atoms with Crippen LogP contribution in [0.5, 0.6) is 0 Å². The van der Waals surface area contributed by atoms with E-state index in [2.05, 4.69) is 35.1 Å². The first-order valence-electron chi connectivity index (χ1n) is 20.4. The highest BCUT2D eigenvalue weighted by molar-refractivity contribution is 8.18. The molecule has 2 aliphatic heterocycles. The van der Waals surface area contributed by atoms with Gasteiger partial charge in [-0.15, -0.1) is 23.5 Å². The SMILES string of the molecule is CC1([C@H](NC(=O)NC2(CS(=O)(=O)C(C)(C)C)CCCCC2)C(=O)N2CC3(C[C@H]2C(=O)NCC(=O)C(=O)NC2CC2)SCCCS3)CCCCC1.CCCC. The molecule has 5 rings (SSSR count). The van der Waals surface area contributed by atoms with Gasteiger partial charge in [0.1, 0.15) is 12.1 Å². The third-order valence-electron chi connectivity index (χ3n) is 11.8. The predicted molar refractivity (Wildman–Crippen MR) is 218 cm³/mol. The molecule has 5 aliphatic rings. The van der Waals surface area contributed by atoms with Crippen LogP contribution in [-0.4, -0.2) is 106 Å². The van der Waals surface area contributed by atoms with Gasteiger partial charge in [-0.05, 0) is 82.6 Å². The molecule has 5 fully saturated rings. The number of ketones is 1. The molecule has 12 nitrogen and oxygen atoms in total. The van der Waals surface area contributed by atoms with Crippen LogP contribution in [0.15, 0.2) is 0 Å². The summed E-state index contributed by atoms with van der Waals surface area (Å²) in [6.45, 7) is 11.3. The Hall–Kier alpha value is -2.00. The van der Waals surface area contributed by atoms with Crippen LogP contribution < -0.4 is 21.3 Å². The number of unbranched alkanes of at least 4 members (excludes halogenated alkanes) is 1. The number of carbonyl (C=O) groups excluding carboxylic acids is 5. The molecule has 4 N–H and O–H groups in total. The van der Waals surface area contributed by atoms with E-state index in [1.807, 2.05) is 6.92 Å². The largest absolute Gasteiger partial charge is 0.347 e. The fourth-order valence-corrected chi connectivity index (χ4v) is 12.7. The van der Waals surface area contributed by atoms with Gasteiger partial charge in [0.15, 0.2) is 9.84 Å². The minimum absolute atomic E-state index is 0.0176. The zero-order chi connectivity index (χ0) is 39.8. The number of nitrogens with one attached hydrogen (secondary N) is 4. The third-order valence-corrected chi connectivity index (χ3v) is 17.9. The van der Waals surface area contributed by atoms with E-state index < -0.39 is 71.9 Å². The lowest BCUT2D eigenvalue weighted by molar-refractivity contribution is -0.143. The molecule has 0 aromatic rings. The number of hydrogen-bond acceptors (Lipinski definition) is 9. The maximum Gasteiger partial charge on any atom is 0.315 e. The summed E-state index contributed by atoms with van der Waals surface area (Å²) in [5.74, 6) is -0.627. The van der Waals surface area contributed by atoms with Gasteiger partial charge in [0.25, 0.3) is 5.91 Å². The molecule has 15 heteroatoms. The van der Waals surface area contributed by atoms with Crippen molar-refractivity contribution in [2.45, 2.75) is 177 Å². The smallest absolute Gasteiger partial charge is 0.315 e. The fraction of sp³-hybridized carbons (Fsp3) is 0.872. The number of amides is 5. The Morgan fingerprint density at radius 2 is 1.43 bits per heavy atom. The molecule has 308 valence electrons. The average Bonchev–Trinajstić information content (AvgIpc) is 3.87. The van der Waals surface area contributed by atoms with E-state index in [1.54, 1.807) is 49.2 Å². The van der Waals surface area contributed by atoms with Crippen molar-refractivity contribution >= 4 is 62.9 Å². The van der Waals surface area contributed by atoms with Crippen molar-refractivity contribution in [1.82, 2.24) is 26.2 Å². The quantitative estimate of drug-likeness (QED) is 0.187. The normalized spacial score (nSPS) is 24.0. The van der Waals surface area contributed by atoms with Gasteiger partial charge < -0.3 is 26.2 Å². The Kier molecular flexibility index (Phi) is 15.7. The lowest BCUT2D eigenvalue weighted by atomic mass is 9.70. The van der Waals surface area contributed by atoms with Gasteiger partial charge in [-0.25, -0.2) is 13.2 Å². The Morgan fingerprint density at radius 3 is 1.96 bits per heavy atom. The molecule has 0 aromatic heterocycles. The molecule has 3 aliphatic carbocycles. The number of likely N-dealkylation sites (tertiary alicyclic amines) is 1. The Balaban J connectivity index is 0.00000155. The van der Waals surface area contributed by atoms with Crippen molar-refractivity contribution in [2.24, 2.45) is 5.41 Å². The monoisotopic (exact) mass is 813 g/mol. The summed E-state index contributed by atoms with van der Waals surface area (Å²) >= 11 is 3.50. The Bertz CT molecular complexity index is 1440. The molecular weight excluding hydrogens is 747 g/mol. The van der Waals surface area contributed by atoms with E-state index in [1.165, 1.54) is 12.8 Å². The van der Waals surface area contributed by atoms with Gasteiger partial charge in [0, 0.05) is 19.0 Å². The van der Waals surface area contributed by atoms with Crippen LogP contribution in [-0.2, 0) is 29.0 Å². The first kappa shape index (κ1) is 44.7. The van der Waals surface area contributed by atoms with Crippen molar-refractivity contribution in [2.75, 3.05) is 30.3 Å². The maximum absolute atomic E-state index is 14.9. The highest BCUT2D eigenvalue weighted by atomic mass is 32.2. The summed E-state index contributed by atoms with van der Waals surface area (Å²) in [5.41, 5.74) is -1.52. The lowest BCUT2D eigenvalue weighted by Crippen LogP contribution is -2.64. The Labute approximate surface area is 332 Å². The number of rotatable bonds is 12. The number of urea groups is 1. The van der Waals surface area contributed by atoms with Crippen molar-refractivity contribution in [1.29, 1.82) is 0 Å². The molecule has 3 saturated carbocycles. The van der Waals surface area contributed by atoms with E-state index in [0.717, 1.165) is 82.1 Å². The van der Waals surface area contributed by atoms with E-state index in [0.29, 0.717) is 25.8 Å². The first-order valence-corrected chi connectivity index (χ1v) is 24.0. The first-order chi connectivity index (χ1) is 25.4. The number of Topliss-reactive ketones (excluding diaryl/α,β-unsaturated/α-hetero) is 1. The lowest BCUT2D eigenvalue weighted by Gasteiger charge is -2.44. The second-order valence-electron chi connectivity index (χ2n) is 17.5. The number of carbonyl (C=O) groups is 5. The number of thioether (sulfide) groups is 2. The molecule has 2 saturated heterocycles. The fourth-order valence-electron chi connectivity index (χ4n) is 7.86. The summed E-state index contributed by atoms with van der Waals surface area (Å²) in [7, 11) is -3.56. The highest BCUT2D eigenvalue weighted by Gasteiger charge is 2.54. The molecule has 5 amide bonds. The molecule has 0 aromatic carbocycles. The molecule has 0 radical (unpaired) electrons. The van der Waals surface area contributed by atoms with Crippen LogP contribution in [0, 0.1) is 5.41 Å². The van der Waals surface area contributed by atoms with Crippen LogP contribution in [0.2, 0.25) is 0 Å². The highest BCUT2D eigenvalue weighted by Crippen LogP contribution is 2.51. The second-order valence-corrected chi connectivity index (χ2v) is 23.5. The van der Waals surface area contributed by atoms with E-state index in [4.69, 9.17) is 0 Å². The summed E-state index contributed by atoms with van der Waals surface area (Å²) in [6.07, 6.45) is 13.7. The molecule has 2 heterocycles. The molecule has 1 spiro atoms. The zero-order valence-corrected chi connectivity index (χ0v) is 36.1. The standard InChI is InChI=1S/C35H57N5O7S3.C4H10/c1-32(2,3)50(46,47)23-34(16-9-6-10-17-34)39-31(45)38-27(33(4)14-7-5-8-15-33)30(44)40-22-35(48-18-11-19-49-35)20-25(40)28(42)36-21-26(41)29(43)37-24-12-13-24;1-3-4-2/h24-25,27H,5-23H2,1-4H3,(H,36,42)(H,37,43)(H2,38,39,45);3-4H2,1-2H3/t25-,27+;/m0./s1. The topological polar surface area (TPSA) is 171 Å².